The van der Waals surface area contributed by atoms with Crippen molar-refractivity contribution in [3.63, 3.8) is 0 Å². The second-order valence-corrected chi connectivity index (χ2v) is 23.2. The monoisotopic (exact) mass is 1140 g/mol. The van der Waals surface area contributed by atoms with Crippen LogP contribution in [0.2, 0.25) is 0 Å². The largest absolute Gasteiger partial charge is 0.313 e. The van der Waals surface area contributed by atoms with E-state index in [-0.39, 0.29) is 37.1 Å². The Labute approximate surface area is 496 Å². The molecule has 0 radical (unpaired) electrons. The standard InChI is InChI=1S/C12H14N2O.2C12H17N.2C11H12N2O.C10H12N2O.2CH4/c1-7(2)9-4-5-11-10(6-9)12(15)14-8(3)13-11;1-9(2)10-3-4-12-8-13-6-5-11(12)7-10;1-9(2)11-4-3-10-5-6-13-8-12(10)7-11;1-7(2)8-3-4-10-9(5-8)11(14)13-6-12-10;1-7(2)8-3-4-9-6-12-13-11(14)10(9)5-8;1-6(2)7-3-4-9-8(5-7)10(13)12-11-9;;/h4-7H,1-3H3,(H,13,14,15);2*3-4,7,9,13H,5-6,8H2,1-2H3;3-7H,1-2H3,(H,12,13,14);3-7H,1-2H3,(H,13,14);3-6H,1-2H3,(H2,11,12,13);2*1H4. The molecule has 0 aliphatic carbocycles. The van der Waals surface area contributed by atoms with Crippen LogP contribution in [-0.4, -0.2) is 53.4 Å². The average Bonchev–Trinajstić information content (AvgIpc) is 4.00. The van der Waals surface area contributed by atoms with Crippen molar-refractivity contribution < 1.29 is 0 Å². The Balaban J connectivity index is 0.000000184. The Hall–Kier alpha value is -8.07. The van der Waals surface area contributed by atoms with Gasteiger partial charge in [-0.2, -0.15) is 5.10 Å². The highest BCUT2D eigenvalue weighted by Gasteiger charge is 2.12. The zero-order chi connectivity index (χ0) is 59.2. The summed E-state index contributed by atoms with van der Waals surface area (Å²) in [6, 6.07) is 37.3. The second-order valence-electron chi connectivity index (χ2n) is 23.2. The van der Waals surface area contributed by atoms with Crippen LogP contribution in [0.5, 0.6) is 0 Å². The molecular formula is C70H92N10O4. The van der Waals surface area contributed by atoms with Gasteiger partial charge in [0.25, 0.3) is 22.2 Å². The molecule has 12 rings (SSSR count). The Morgan fingerprint density at radius 3 is 1.49 bits per heavy atom. The Kier molecular flexibility index (Phi) is 24.6. The fourth-order valence-corrected chi connectivity index (χ4v) is 9.67. The summed E-state index contributed by atoms with van der Waals surface area (Å²) in [5, 5.41) is 22.0. The van der Waals surface area contributed by atoms with E-state index in [0.717, 1.165) is 59.1 Å². The van der Waals surface area contributed by atoms with Gasteiger partial charge in [-0.3, -0.25) is 29.4 Å². The van der Waals surface area contributed by atoms with Gasteiger partial charge in [-0.1, -0.05) is 165 Å². The number of H-pyrrole nitrogens is 5. The van der Waals surface area contributed by atoms with Gasteiger partial charge in [0.15, 0.2) is 0 Å². The molecule has 0 bridgehead atoms. The van der Waals surface area contributed by atoms with E-state index in [1.165, 1.54) is 63.7 Å². The van der Waals surface area contributed by atoms with Gasteiger partial charge < -0.3 is 20.6 Å². The maximum atomic E-state index is 11.7. The van der Waals surface area contributed by atoms with Crippen molar-refractivity contribution >= 4 is 43.5 Å². The van der Waals surface area contributed by atoms with Crippen LogP contribution in [0.3, 0.4) is 0 Å². The highest BCUT2D eigenvalue weighted by Crippen LogP contribution is 2.24. The van der Waals surface area contributed by atoms with Gasteiger partial charge >= 0.3 is 0 Å². The van der Waals surface area contributed by atoms with Crippen molar-refractivity contribution in [3.8, 4) is 0 Å². The van der Waals surface area contributed by atoms with Gasteiger partial charge in [-0.05, 0) is 166 Å². The summed E-state index contributed by atoms with van der Waals surface area (Å²) in [4.78, 5) is 59.5. The zero-order valence-electron chi connectivity index (χ0n) is 50.2. The smallest absolute Gasteiger partial charge is 0.272 e. The van der Waals surface area contributed by atoms with E-state index in [4.69, 9.17) is 0 Å². The lowest BCUT2D eigenvalue weighted by Gasteiger charge is -2.18. The van der Waals surface area contributed by atoms with Gasteiger partial charge in [0.2, 0.25) is 0 Å². The maximum absolute atomic E-state index is 11.7. The van der Waals surface area contributed by atoms with Crippen LogP contribution < -0.4 is 32.9 Å². The number of aromatic nitrogens is 8. The molecule has 84 heavy (non-hydrogen) atoms. The summed E-state index contributed by atoms with van der Waals surface area (Å²) in [6.07, 6.45) is 5.48. The van der Waals surface area contributed by atoms with Gasteiger partial charge in [0.05, 0.1) is 50.6 Å². The zero-order valence-corrected chi connectivity index (χ0v) is 50.2. The molecule has 6 heterocycles. The number of fused-ring (bicyclic) bond motifs is 6. The Morgan fingerprint density at radius 1 is 0.429 bits per heavy atom. The molecular weight excluding hydrogens is 1040 g/mol. The van der Waals surface area contributed by atoms with E-state index in [2.05, 4.69) is 170 Å². The van der Waals surface area contributed by atoms with Crippen LogP contribution in [-0.2, 0) is 25.9 Å². The second kappa shape index (κ2) is 31.0. The van der Waals surface area contributed by atoms with Crippen molar-refractivity contribution in [2.24, 2.45) is 0 Å². The van der Waals surface area contributed by atoms with Crippen molar-refractivity contribution in [3.05, 3.63) is 225 Å². The van der Waals surface area contributed by atoms with Gasteiger partial charge in [-0.25, -0.2) is 15.1 Å². The van der Waals surface area contributed by atoms with Crippen LogP contribution in [0.4, 0.5) is 0 Å². The first kappa shape index (κ1) is 66.7. The minimum absolute atomic E-state index is 0. The summed E-state index contributed by atoms with van der Waals surface area (Å²) in [7, 11) is 0. The fraction of sp³-hybridized carbons (Fsp3) is 0.386. The highest BCUT2D eigenvalue weighted by atomic mass is 16.1. The molecule has 4 aromatic heterocycles. The summed E-state index contributed by atoms with van der Waals surface area (Å²) in [5.74, 6) is 3.71. The molecule has 0 saturated carbocycles. The molecule has 2 aliphatic rings. The molecule has 0 unspecified atom stereocenters. The summed E-state index contributed by atoms with van der Waals surface area (Å²) < 4.78 is 0. The van der Waals surface area contributed by atoms with E-state index < -0.39 is 0 Å². The quantitative estimate of drug-likeness (QED) is 0.0843. The molecule has 14 heteroatoms. The first-order chi connectivity index (χ1) is 39.2. The molecule has 0 amide bonds. The normalized spacial score (nSPS) is 12.4. The summed E-state index contributed by atoms with van der Waals surface area (Å²) >= 11 is 0. The number of benzene rings is 6. The number of aryl methyl sites for hydroxylation is 1. The Morgan fingerprint density at radius 2 is 0.893 bits per heavy atom. The third kappa shape index (κ3) is 17.7. The molecule has 0 atom stereocenters. The van der Waals surface area contributed by atoms with Gasteiger partial charge in [0, 0.05) is 18.5 Å². The Bertz CT molecular complexity index is 3830. The molecule has 446 valence electrons. The SMILES string of the molecule is C.C.CC(C)c1ccc2[nH][nH]c(=O)c2c1.CC(C)c1ccc2c(c1)CCNC2.CC(C)c1ccc2c(c1)CNCC2.CC(C)c1ccc2cn[nH]c(=O)c2c1.CC(C)c1ccc2nc[nH]c(=O)c2c1.Cc1nc2ccc(C(C)C)cc2c(=O)[nH]1. The lowest BCUT2D eigenvalue weighted by atomic mass is 9.94. The van der Waals surface area contributed by atoms with Crippen molar-refractivity contribution in [2.75, 3.05) is 13.1 Å². The molecule has 10 aromatic rings. The number of nitrogens with one attached hydrogen (secondary N) is 7. The molecule has 6 aromatic carbocycles. The van der Waals surface area contributed by atoms with E-state index in [9.17, 15) is 19.2 Å². The van der Waals surface area contributed by atoms with Crippen LogP contribution in [0.1, 0.15) is 195 Å². The number of nitrogens with zero attached hydrogens (tertiary/aromatic N) is 3. The minimum Gasteiger partial charge on any atom is -0.313 e. The average molecular weight is 1140 g/mol. The fourth-order valence-electron chi connectivity index (χ4n) is 9.67. The van der Waals surface area contributed by atoms with E-state index in [0.29, 0.717) is 57.5 Å². The van der Waals surface area contributed by atoms with Crippen LogP contribution in [0, 0.1) is 6.92 Å². The first-order valence-electron chi connectivity index (χ1n) is 29.0. The minimum atomic E-state index is -0.120. The molecule has 2 aliphatic heterocycles. The number of aromatic amines is 5. The van der Waals surface area contributed by atoms with Gasteiger partial charge in [0.1, 0.15) is 5.82 Å². The third-order valence-electron chi connectivity index (χ3n) is 15.0. The molecule has 0 saturated heterocycles. The first-order valence-corrected chi connectivity index (χ1v) is 29.0. The van der Waals surface area contributed by atoms with E-state index >= 15 is 0 Å². The van der Waals surface area contributed by atoms with Crippen molar-refractivity contribution in [1.82, 2.24) is 51.0 Å². The molecule has 0 fully saturated rings. The summed E-state index contributed by atoms with van der Waals surface area (Å²) in [6.45, 7) is 32.0. The van der Waals surface area contributed by atoms with E-state index in [1.807, 2.05) is 72.8 Å². The number of hydrogen-bond donors (Lipinski definition) is 7. The van der Waals surface area contributed by atoms with Crippen molar-refractivity contribution in [1.29, 1.82) is 0 Å². The maximum Gasteiger partial charge on any atom is 0.272 e. The number of hydrogen-bond acceptors (Lipinski definition) is 9. The predicted octanol–water partition coefficient (Wildman–Crippen LogP) is 14.6. The number of rotatable bonds is 6. The lowest BCUT2D eigenvalue weighted by molar-refractivity contribution is 0.641. The lowest BCUT2D eigenvalue weighted by Crippen LogP contribution is -2.23. The molecule has 7 N–H and O–H groups in total. The van der Waals surface area contributed by atoms with E-state index in [1.54, 1.807) is 18.7 Å². The van der Waals surface area contributed by atoms with Crippen LogP contribution >= 0.6 is 0 Å². The van der Waals surface area contributed by atoms with Gasteiger partial charge in [-0.15, -0.1) is 0 Å². The van der Waals surface area contributed by atoms with Crippen LogP contribution in [0.15, 0.2) is 141 Å². The highest BCUT2D eigenvalue weighted by molar-refractivity contribution is 5.82. The summed E-state index contributed by atoms with van der Waals surface area (Å²) in [5.41, 5.74) is 15.8. The molecule has 0 spiro atoms. The van der Waals surface area contributed by atoms with Crippen molar-refractivity contribution in [2.45, 2.75) is 166 Å². The predicted molar refractivity (Wildman–Crippen MR) is 352 cm³/mol. The van der Waals surface area contributed by atoms with Crippen LogP contribution in [0.25, 0.3) is 43.5 Å². The topological polar surface area (TPSA) is 210 Å². The third-order valence-corrected chi connectivity index (χ3v) is 15.0. The molecule has 14 nitrogen and oxygen atoms in total.